The summed E-state index contributed by atoms with van der Waals surface area (Å²) in [7, 11) is 0. The van der Waals surface area contributed by atoms with E-state index in [0.717, 1.165) is 31.8 Å². The first kappa shape index (κ1) is 11.7. The zero-order valence-corrected chi connectivity index (χ0v) is 12.2. The molecule has 0 aliphatic carbocycles. The van der Waals surface area contributed by atoms with Gasteiger partial charge in [0.2, 0.25) is 0 Å². The van der Waals surface area contributed by atoms with Crippen LogP contribution in [0.25, 0.3) is 20.8 Å². The van der Waals surface area contributed by atoms with Crippen LogP contribution in [-0.4, -0.2) is 4.98 Å². The molecule has 0 amide bonds. The van der Waals surface area contributed by atoms with Gasteiger partial charge in [0.1, 0.15) is 5.01 Å². The van der Waals surface area contributed by atoms with Crippen LogP contribution in [0.2, 0.25) is 0 Å². The largest absolute Gasteiger partial charge is 0.399 e. The Balaban J connectivity index is 2.19. The third-order valence-corrected chi connectivity index (χ3v) is 4.39. The molecule has 2 N–H and O–H groups in total. The van der Waals surface area contributed by atoms with E-state index in [1.165, 1.54) is 4.70 Å². The Morgan fingerprint density at radius 3 is 2.78 bits per heavy atom. The minimum absolute atomic E-state index is 0.792. The number of aromatic nitrogens is 1. The molecule has 0 unspecified atom stereocenters. The number of rotatable bonds is 1. The molecule has 2 aromatic carbocycles. The van der Waals surface area contributed by atoms with Crippen LogP contribution in [0.1, 0.15) is 5.56 Å². The standard InChI is InChI=1S/C14H11BrN2S/c1-8-6-10(16)3-4-11(8)14-17-12-7-9(15)2-5-13(12)18-14/h2-7H,16H2,1H3. The van der Waals surface area contributed by atoms with Crippen molar-refractivity contribution in [2.45, 2.75) is 6.92 Å². The summed E-state index contributed by atoms with van der Waals surface area (Å²) in [5, 5.41) is 1.04. The number of anilines is 1. The SMILES string of the molecule is Cc1cc(N)ccc1-c1nc2cc(Br)ccc2s1. The monoisotopic (exact) mass is 318 g/mol. The van der Waals surface area contributed by atoms with E-state index in [-0.39, 0.29) is 0 Å². The molecular formula is C14H11BrN2S. The molecular weight excluding hydrogens is 308 g/mol. The molecule has 0 atom stereocenters. The molecule has 2 nitrogen and oxygen atoms in total. The lowest BCUT2D eigenvalue weighted by Gasteiger charge is -2.02. The highest BCUT2D eigenvalue weighted by Gasteiger charge is 2.09. The summed E-state index contributed by atoms with van der Waals surface area (Å²) in [5.41, 5.74) is 9.91. The summed E-state index contributed by atoms with van der Waals surface area (Å²) < 4.78 is 2.25. The number of fused-ring (bicyclic) bond motifs is 1. The number of halogens is 1. The second kappa shape index (κ2) is 4.37. The quantitative estimate of drug-likeness (QED) is 0.665. The normalized spacial score (nSPS) is 11.0. The Hall–Kier alpha value is -1.39. The average molecular weight is 319 g/mol. The van der Waals surface area contributed by atoms with Gasteiger partial charge in [0.05, 0.1) is 10.2 Å². The number of hydrogen-bond acceptors (Lipinski definition) is 3. The van der Waals surface area contributed by atoms with E-state index in [1.54, 1.807) is 11.3 Å². The van der Waals surface area contributed by atoms with E-state index in [1.807, 2.05) is 30.3 Å². The molecule has 0 saturated heterocycles. The molecule has 1 aromatic heterocycles. The van der Waals surface area contributed by atoms with Gasteiger partial charge in [0.15, 0.2) is 0 Å². The predicted molar refractivity (Wildman–Crippen MR) is 81.9 cm³/mol. The number of aryl methyl sites for hydroxylation is 1. The fraction of sp³-hybridized carbons (Fsp3) is 0.0714. The first-order valence-electron chi connectivity index (χ1n) is 5.56. The van der Waals surface area contributed by atoms with Gasteiger partial charge < -0.3 is 5.73 Å². The first-order valence-corrected chi connectivity index (χ1v) is 7.17. The van der Waals surface area contributed by atoms with Crippen LogP contribution >= 0.6 is 27.3 Å². The molecule has 3 rings (SSSR count). The maximum atomic E-state index is 5.78. The molecule has 0 bridgehead atoms. The molecule has 0 aliphatic heterocycles. The van der Waals surface area contributed by atoms with Gasteiger partial charge in [-0.2, -0.15) is 0 Å². The maximum absolute atomic E-state index is 5.78. The second-order valence-electron chi connectivity index (χ2n) is 4.21. The summed E-state index contributed by atoms with van der Waals surface area (Å²) in [6.07, 6.45) is 0. The molecule has 4 heteroatoms. The van der Waals surface area contributed by atoms with Crippen LogP contribution < -0.4 is 5.73 Å². The Morgan fingerprint density at radius 1 is 1.17 bits per heavy atom. The van der Waals surface area contributed by atoms with Crippen molar-refractivity contribution in [1.29, 1.82) is 0 Å². The highest BCUT2D eigenvalue weighted by Crippen LogP contribution is 2.33. The average Bonchev–Trinajstić information content (AvgIpc) is 2.71. The summed E-state index contributed by atoms with van der Waals surface area (Å²) in [5.74, 6) is 0. The summed E-state index contributed by atoms with van der Waals surface area (Å²) in [6.45, 7) is 2.06. The molecule has 0 saturated carbocycles. The number of hydrogen-bond donors (Lipinski definition) is 1. The van der Waals surface area contributed by atoms with Gasteiger partial charge in [-0.3, -0.25) is 0 Å². The molecule has 3 aromatic rings. The van der Waals surface area contributed by atoms with Gasteiger partial charge in [-0.1, -0.05) is 15.9 Å². The predicted octanol–water partition coefficient (Wildman–Crippen LogP) is 4.62. The van der Waals surface area contributed by atoms with Gasteiger partial charge in [-0.15, -0.1) is 11.3 Å². The molecule has 0 spiro atoms. The van der Waals surface area contributed by atoms with Crippen LogP contribution in [0, 0.1) is 6.92 Å². The Bertz CT molecular complexity index is 734. The zero-order valence-electron chi connectivity index (χ0n) is 9.77. The smallest absolute Gasteiger partial charge is 0.124 e. The van der Waals surface area contributed by atoms with Crippen molar-refractivity contribution in [2.75, 3.05) is 5.73 Å². The topological polar surface area (TPSA) is 38.9 Å². The fourth-order valence-corrected chi connectivity index (χ4v) is 3.33. The van der Waals surface area contributed by atoms with Crippen molar-refractivity contribution >= 4 is 43.2 Å². The minimum atomic E-state index is 0.792. The highest BCUT2D eigenvalue weighted by atomic mass is 79.9. The van der Waals surface area contributed by atoms with E-state index in [9.17, 15) is 0 Å². The van der Waals surface area contributed by atoms with Crippen LogP contribution in [0.4, 0.5) is 5.69 Å². The lowest BCUT2D eigenvalue weighted by molar-refractivity contribution is 1.41. The lowest BCUT2D eigenvalue weighted by atomic mass is 10.1. The first-order chi connectivity index (χ1) is 8.63. The van der Waals surface area contributed by atoms with Crippen molar-refractivity contribution in [2.24, 2.45) is 0 Å². The molecule has 0 aliphatic rings. The minimum Gasteiger partial charge on any atom is -0.399 e. The highest BCUT2D eigenvalue weighted by molar-refractivity contribution is 9.10. The Labute approximate surface area is 118 Å². The van der Waals surface area contributed by atoms with Gasteiger partial charge in [0, 0.05) is 15.7 Å². The Morgan fingerprint density at radius 2 is 2.00 bits per heavy atom. The molecule has 1 heterocycles. The van der Waals surface area contributed by atoms with Crippen molar-refractivity contribution < 1.29 is 0 Å². The van der Waals surface area contributed by atoms with E-state index in [0.29, 0.717) is 0 Å². The lowest BCUT2D eigenvalue weighted by Crippen LogP contribution is -1.87. The summed E-state index contributed by atoms with van der Waals surface area (Å²) >= 11 is 5.18. The van der Waals surface area contributed by atoms with Crippen molar-refractivity contribution in [3.63, 3.8) is 0 Å². The number of nitrogens with two attached hydrogens (primary N) is 1. The van der Waals surface area contributed by atoms with Crippen molar-refractivity contribution in [3.05, 3.63) is 46.4 Å². The molecule has 0 fully saturated rings. The van der Waals surface area contributed by atoms with Gasteiger partial charge in [-0.05, 0) is 48.9 Å². The van der Waals surface area contributed by atoms with E-state index in [4.69, 9.17) is 5.73 Å². The zero-order chi connectivity index (χ0) is 12.7. The Kier molecular flexibility index (Phi) is 2.84. The summed E-state index contributed by atoms with van der Waals surface area (Å²) in [4.78, 5) is 4.68. The van der Waals surface area contributed by atoms with Crippen molar-refractivity contribution in [1.82, 2.24) is 4.98 Å². The number of nitrogens with zero attached hydrogens (tertiary/aromatic N) is 1. The molecule has 0 radical (unpaired) electrons. The fourth-order valence-electron chi connectivity index (χ4n) is 1.94. The summed E-state index contributed by atoms with van der Waals surface area (Å²) in [6, 6.07) is 12.1. The third kappa shape index (κ3) is 2.02. The number of benzene rings is 2. The van der Waals surface area contributed by atoms with Gasteiger partial charge in [0.25, 0.3) is 0 Å². The molecule has 90 valence electrons. The number of thiazole rings is 1. The van der Waals surface area contributed by atoms with Crippen LogP contribution in [0.15, 0.2) is 40.9 Å². The van der Waals surface area contributed by atoms with Gasteiger partial charge >= 0.3 is 0 Å². The molecule has 18 heavy (non-hydrogen) atoms. The van der Waals surface area contributed by atoms with Gasteiger partial charge in [-0.25, -0.2) is 4.98 Å². The maximum Gasteiger partial charge on any atom is 0.124 e. The van der Waals surface area contributed by atoms with Crippen LogP contribution in [0.3, 0.4) is 0 Å². The van der Waals surface area contributed by atoms with E-state index < -0.39 is 0 Å². The van der Waals surface area contributed by atoms with Crippen molar-refractivity contribution in [3.8, 4) is 10.6 Å². The van der Waals surface area contributed by atoms with Crippen LogP contribution in [0.5, 0.6) is 0 Å². The third-order valence-electron chi connectivity index (χ3n) is 2.83. The van der Waals surface area contributed by atoms with E-state index >= 15 is 0 Å². The number of nitrogen functional groups attached to an aromatic ring is 1. The second-order valence-corrected chi connectivity index (χ2v) is 6.15. The van der Waals surface area contributed by atoms with E-state index in [2.05, 4.69) is 33.9 Å². The van der Waals surface area contributed by atoms with Crippen LogP contribution in [-0.2, 0) is 0 Å².